The predicted octanol–water partition coefficient (Wildman–Crippen LogP) is -0.477. The van der Waals surface area contributed by atoms with Gasteiger partial charge in [-0.3, -0.25) is 9.11 Å². The van der Waals surface area contributed by atoms with E-state index in [-0.39, 0.29) is 57.7 Å². The van der Waals surface area contributed by atoms with Gasteiger partial charge in [0.05, 0.1) is 0 Å². The molecule has 0 aliphatic rings. The first-order valence-corrected chi connectivity index (χ1v) is 1.60. The summed E-state index contributed by atoms with van der Waals surface area (Å²) in [7, 11) is 0. The maximum Gasteiger partial charge on any atom is 2.00 e. The molecule has 41 valence electrons. The molecule has 0 saturated carbocycles. The molecule has 0 saturated heterocycles. The first kappa shape index (κ1) is 15.7. The fraction of sp³-hybridized carbons (Fsp3) is 0. The second-order valence-corrected chi connectivity index (χ2v) is 0.692. The molecule has 0 aromatic rings. The van der Waals surface area contributed by atoms with Gasteiger partial charge in [0.25, 0.3) is 11.4 Å². The van der Waals surface area contributed by atoms with E-state index in [0.717, 1.165) is 0 Å². The molecule has 0 bridgehead atoms. The molecule has 0 aromatic carbocycles. The Hall–Kier alpha value is 1.85. The molecule has 6 heteroatoms. The third-order valence-corrected chi connectivity index (χ3v) is 0. The van der Waals surface area contributed by atoms with E-state index in [9.17, 15) is 0 Å². The average Bonchev–Trinajstić information content (AvgIpc) is 0.811. The SMILES string of the molecule is O=S(O)O.[Ca+2].[Cu].[H-].[H-]. The molecule has 0 aliphatic carbocycles. The molecule has 0 aliphatic heterocycles. The second-order valence-electron chi connectivity index (χ2n) is 0.231. The van der Waals surface area contributed by atoms with Crippen molar-refractivity contribution < 1.29 is 33.2 Å². The quantitative estimate of drug-likeness (QED) is 0.398. The van der Waals surface area contributed by atoms with Gasteiger partial charge in [0.15, 0.2) is 0 Å². The fourth-order valence-corrected chi connectivity index (χ4v) is 0. The van der Waals surface area contributed by atoms with Gasteiger partial charge in [-0.05, 0) is 0 Å². The summed E-state index contributed by atoms with van der Waals surface area (Å²) in [6.45, 7) is 0. The van der Waals surface area contributed by atoms with Gasteiger partial charge in [-0.15, -0.1) is 0 Å². The molecule has 0 spiro atoms. The molecule has 0 heterocycles. The van der Waals surface area contributed by atoms with Crippen LogP contribution in [0.2, 0.25) is 0 Å². The molecular weight excluding hydrogens is 184 g/mol. The molecule has 0 fully saturated rings. The van der Waals surface area contributed by atoms with Crippen molar-refractivity contribution in [2.75, 3.05) is 0 Å². The van der Waals surface area contributed by atoms with Crippen LogP contribution in [-0.4, -0.2) is 51.1 Å². The summed E-state index contributed by atoms with van der Waals surface area (Å²) >= 11 is -2.61. The minimum atomic E-state index is -2.61. The van der Waals surface area contributed by atoms with Crippen LogP contribution in [-0.2, 0) is 28.4 Å². The molecular formula is H4CaCuO3S. The number of hydrogen-bond donors (Lipinski definition) is 2. The van der Waals surface area contributed by atoms with Crippen LogP contribution in [0.5, 0.6) is 0 Å². The smallest absolute Gasteiger partial charge is 1.00 e. The van der Waals surface area contributed by atoms with E-state index >= 15 is 0 Å². The van der Waals surface area contributed by atoms with E-state index in [4.69, 9.17) is 13.3 Å². The van der Waals surface area contributed by atoms with Gasteiger partial charge in [0.1, 0.15) is 0 Å². The van der Waals surface area contributed by atoms with Crippen LogP contribution in [0.3, 0.4) is 0 Å². The molecule has 1 radical (unpaired) electrons. The molecule has 0 amide bonds. The van der Waals surface area contributed by atoms with Crippen molar-refractivity contribution in [3.63, 3.8) is 0 Å². The van der Waals surface area contributed by atoms with Crippen molar-refractivity contribution >= 4 is 49.1 Å². The molecule has 0 aromatic heterocycles. The van der Waals surface area contributed by atoms with Crippen LogP contribution in [0.15, 0.2) is 0 Å². The van der Waals surface area contributed by atoms with Gasteiger partial charge in [-0.2, -0.15) is 4.21 Å². The topological polar surface area (TPSA) is 57.5 Å². The van der Waals surface area contributed by atoms with Crippen LogP contribution in [0.25, 0.3) is 0 Å². The zero-order valence-electron chi connectivity index (χ0n) is 4.72. The first-order valence-electron chi connectivity index (χ1n) is 0.532. The Balaban J connectivity index is -0.00000000750. The molecule has 3 nitrogen and oxygen atoms in total. The summed E-state index contributed by atoms with van der Waals surface area (Å²) in [6, 6.07) is 0. The minimum Gasteiger partial charge on any atom is -1.00 e. The Morgan fingerprint density at radius 2 is 1.50 bits per heavy atom. The fourth-order valence-electron chi connectivity index (χ4n) is 0. The zero-order chi connectivity index (χ0) is 3.58. The maximum atomic E-state index is 8.67. The zero-order valence-corrected chi connectivity index (χ0v) is 6.69. The summed E-state index contributed by atoms with van der Waals surface area (Å²) in [6.07, 6.45) is 0. The van der Waals surface area contributed by atoms with E-state index in [1.165, 1.54) is 0 Å². The summed E-state index contributed by atoms with van der Waals surface area (Å²) in [5, 5.41) is 0. The first-order chi connectivity index (χ1) is 1.73. The van der Waals surface area contributed by atoms with Crippen molar-refractivity contribution in [3.8, 4) is 0 Å². The molecule has 2 N–H and O–H groups in total. The Morgan fingerprint density at radius 3 is 1.50 bits per heavy atom. The van der Waals surface area contributed by atoms with Crippen molar-refractivity contribution in [1.82, 2.24) is 0 Å². The van der Waals surface area contributed by atoms with Crippen LogP contribution in [0.4, 0.5) is 0 Å². The van der Waals surface area contributed by atoms with Crippen molar-refractivity contribution in [3.05, 3.63) is 0 Å². The maximum absolute atomic E-state index is 8.67. The van der Waals surface area contributed by atoms with Gasteiger partial charge >= 0.3 is 37.7 Å². The van der Waals surface area contributed by atoms with Gasteiger partial charge in [0.2, 0.25) is 0 Å². The van der Waals surface area contributed by atoms with E-state index in [1.54, 1.807) is 0 Å². The predicted molar refractivity (Wildman–Crippen MR) is 21.4 cm³/mol. The van der Waals surface area contributed by atoms with Crippen molar-refractivity contribution in [2.45, 2.75) is 0 Å². The molecule has 6 heavy (non-hydrogen) atoms. The van der Waals surface area contributed by atoms with Gasteiger partial charge in [-0.1, -0.05) is 0 Å². The molecule has 0 rings (SSSR count). The van der Waals surface area contributed by atoms with Crippen molar-refractivity contribution in [2.24, 2.45) is 0 Å². The van der Waals surface area contributed by atoms with Gasteiger partial charge < -0.3 is 2.85 Å². The van der Waals surface area contributed by atoms with E-state index < -0.39 is 11.4 Å². The second kappa shape index (κ2) is 9.97. The molecule has 0 unspecified atom stereocenters. The van der Waals surface area contributed by atoms with E-state index in [2.05, 4.69) is 0 Å². The Kier molecular flexibility index (Phi) is 26.0. The third kappa shape index (κ3) is 40.2. The number of hydrogen-bond acceptors (Lipinski definition) is 1. The number of rotatable bonds is 0. The summed E-state index contributed by atoms with van der Waals surface area (Å²) < 4.78 is 22.8. The van der Waals surface area contributed by atoms with Crippen LogP contribution >= 0.6 is 0 Å². The summed E-state index contributed by atoms with van der Waals surface area (Å²) in [5.41, 5.74) is 0. The van der Waals surface area contributed by atoms with Gasteiger partial charge in [0, 0.05) is 17.1 Å². The van der Waals surface area contributed by atoms with Crippen LogP contribution < -0.4 is 0 Å². The summed E-state index contributed by atoms with van der Waals surface area (Å²) in [5.74, 6) is 0. The largest absolute Gasteiger partial charge is 2.00 e. The molecule has 0 atom stereocenters. The Labute approximate surface area is 81.4 Å². The van der Waals surface area contributed by atoms with Crippen molar-refractivity contribution in [1.29, 1.82) is 0 Å². The standard InChI is InChI=1S/Ca.Cu.H2O3S.2H/c;;1-4(2)3;;/h;;(H2,1,2,3);;/q+2;;;2*-1. The normalized spacial score (nSPS) is 5.83. The monoisotopic (exact) mass is 187 g/mol. The summed E-state index contributed by atoms with van der Waals surface area (Å²) in [4.78, 5) is 0. The minimum absolute atomic E-state index is 0. The Morgan fingerprint density at radius 1 is 1.50 bits per heavy atom. The van der Waals surface area contributed by atoms with E-state index in [1.807, 2.05) is 0 Å². The van der Waals surface area contributed by atoms with Crippen LogP contribution in [0.1, 0.15) is 2.85 Å². The third-order valence-electron chi connectivity index (χ3n) is 0. The van der Waals surface area contributed by atoms with Gasteiger partial charge in [-0.25, -0.2) is 0 Å². The van der Waals surface area contributed by atoms with Crippen LogP contribution in [0, 0.1) is 0 Å². The van der Waals surface area contributed by atoms with E-state index in [0.29, 0.717) is 0 Å². The average molecular weight is 188 g/mol. The Bertz CT molecular complexity index is 40.3.